The molecule has 0 spiro atoms. The van der Waals surface area contributed by atoms with Gasteiger partial charge in [0.2, 0.25) is 0 Å². The van der Waals surface area contributed by atoms with E-state index in [1.807, 2.05) is 6.07 Å². The van der Waals surface area contributed by atoms with Crippen molar-refractivity contribution < 1.29 is 0 Å². The maximum Gasteiger partial charge on any atom is 0.0602 e. The summed E-state index contributed by atoms with van der Waals surface area (Å²) in [5.74, 6) is 6.15. The van der Waals surface area contributed by atoms with Crippen LogP contribution in [0.3, 0.4) is 0 Å². The van der Waals surface area contributed by atoms with E-state index in [2.05, 4.69) is 57.3 Å². The Morgan fingerprint density at radius 1 is 1.21 bits per heavy atom. The van der Waals surface area contributed by atoms with E-state index in [1.54, 1.807) is 0 Å². The Labute approximate surface area is 88.7 Å². The standard InChI is InChI=1S/C12H16NP/c1-13(9-5-6-10-14)11-12-7-3-2-4-8-12/h2-4,7-8H,9-11,14H2,1H3. The zero-order valence-electron chi connectivity index (χ0n) is 8.53. The summed E-state index contributed by atoms with van der Waals surface area (Å²) in [6.07, 6.45) is 0.860. The summed E-state index contributed by atoms with van der Waals surface area (Å²) in [4.78, 5) is 2.21. The lowest BCUT2D eigenvalue weighted by atomic mass is 10.2. The molecule has 1 unspecified atom stereocenters. The van der Waals surface area contributed by atoms with Crippen LogP contribution >= 0.6 is 9.24 Å². The van der Waals surface area contributed by atoms with Gasteiger partial charge in [-0.15, -0.1) is 9.24 Å². The fraction of sp³-hybridized carbons (Fsp3) is 0.333. The molecular formula is C12H16NP. The van der Waals surface area contributed by atoms with Gasteiger partial charge in [0, 0.05) is 12.7 Å². The highest BCUT2D eigenvalue weighted by atomic mass is 31.0. The molecule has 0 saturated carbocycles. The van der Waals surface area contributed by atoms with Crippen LogP contribution in [0.1, 0.15) is 5.56 Å². The minimum Gasteiger partial charge on any atom is -0.291 e. The zero-order valence-corrected chi connectivity index (χ0v) is 9.69. The van der Waals surface area contributed by atoms with Crippen LogP contribution in [0.5, 0.6) is 0 Å². The molecule has 0 bridgehead atoms. The molecule has 14 heavy (non-hydrogen) atoms. The van der Waals surface area contributed by atoms with E-state index in [-0.39, 0.29) is 0 Å². The largest absolute Gasteiger partial charge is 0.291 e. The molecule has 0 aliphatic heterocycles. The molecule has 0 aromatic heterocycles. The second kappa shape index (κ2) is 6.60. The summed E-state index contributed by atoms with van der Waals surface area (Å²) >= 11 is 0. The molecule has 1 aromatic carbocycles. The van der Waals surface area contributed by atoms with Crippen molar-refractivity contribution in [3.05, 3.63) is 35.9 Å². The fourth-order valence-corrected chi connectivity index (χ4v) is 1.36. The van der Waals surface area contributed by atoms with E-state index >= 15 is 0 Å². The Morgan fingerprint density at radius 2 is 1.93 bits per heavy atom. The highest BCUT2D eigenvalue weighted by Crippen LogP contribution is 2.01. The summed E-state index contributed by atoms with van der Waals surface area (Å²) in [6.45, 7) is 1.80. The minimum atomic E-state index is 0.837. The molecule has 2 heteroatoms. The Hall–Kier alpha value is -0.830. The average Bonchev–Trinajstić information content (AvgIpc) is 2.20. The first-order chi connectivity index (χ1) is 6.83. The third-order valence-electron chi connectivity index (χ3n) is 1.87. The van der Waals surface area contributed by atoms with Gasteiger partial charge < -0.3 is 0 Å². The molecule has 0 radical (unpaired) electrons. The lowest BCUT2D eigenvalue weighted by Crippen LogP contribution is -2.17. The van der Waals surface area contributed by atoms with E-state index in [0.717, 1.165) is 19.3 Å². The van der Waals surface area contributed by atoms with Gasteiger partial charge in [0.25, 0.3) is 0 Å². The first-order valence-electron chi connectivity index (χ1n) is 4.71. The number of hydrogen-bond acceptors (Lipinski definition) is 1. The molecule has 1 atom stereocenters. The van der Waals surface area contributed by atoms with Gasteiger partial charge in [-0.05, 0) is 12.6 Å². The van der Waals surface area contributed by atoms with Gasteiger partial charge in [-0.1, -0.05) is 42.2 Å². The van der Waals surface area contributed by atoms with E-state index in [9.17, 15) is 0 Å². The molecule has 1 aromatic rings. The second-order valence-corrected chi connectivity index (χ2v) is 3.62. The van der Waals surface area contributed by atoms with Crippen molar-refractivity contribution in [1.29, 1.82) is 0 Å². The lowest BCUT2D eigenvalue weighted by Gasteiger charge is -2.12. The van der Waals surface area contributed by atoms with Gasteiger partial charge in [0.05, 0.1) is 6.54 Å². The molecule has 0 heterocycles. The van der Waals surface area contributed by atoms with E-state index < -0.39 is 0 Å². The summed E-state index contributed by atoms with van der Waals surface area (Å²) in [7, 11) is 4.69. The van der Waals surface area contributed by atoms with Crippen LogP contribution in [-0.2, 0) is 6.54 Å². The van der Waals surface area contributed by atoms with Crippen molar-refractivity contribution in [2.75, 3.05) is 19.8 Å². The molecule has 0 saturated heterocycles. The van der Waals surface area contributed by atoms with Gasteiger partial charge >= 0.3 is 0 Å². The number of nitrogens with zero attached hydrogens (tertiary/aromatic N) is 1. The molecular weight excluding hydrogens is 189 g/mol. The molecule has 0 N–H and O–H groups in total. The van der Waals surface area contributed by atoms with Crippen LogP contribution in [0.25, 0.3) is 0 Å². The van der Waals surface area contributed by atoms with Crippen LogP contribution in [0.2, 0.25) is 0 Å². The zero-order chi connectivity index (χ0) is 10.2. The van der Waals surface area contributed by atoms with Crippen LogP contribution < -0.4 is 0 Å². The van der Waals surface area contributed by atoms with Gasteiger partial charge in [0.15, 0.2) is 0 Å². The second-order valence-electron chi connectivity index (χ2n) is 3.22. The molecule has 0 fully saturated rings. The summed E-state index contributed by atoms with van der Waals surface area (Å²) in [5, 5.41) is 0. The summed E-state index contributed by atoms with van der Waals surface area (Å²) < 4.78 is 0. The molecule has 1 rings (SSSR count). The Balaban J connectivity index is 2.38. The Morgan fingerprint density at radius 3 is 2.57 bits per heavy atom. The molecule has 0 aliphatic rings. The SMILES string of the molecule is CN(CC#CCP)Cc1ccccc1. The van der Waals surface area contributed by atoms with Gasteiger partial charge in [0.1, 0.15) is 0 Å². The molecule has 0 amide bonds. The molecule has 0 aliphatic carbocycles. The predicted molar refractivity (Wildman–Crippen MR) is 65.1 cm³/mol. The monoisotopic (exact) mass is 205 g/mol. The van der Waals surface area contributed by atoms with Crippen molar-refractivity contribution in [3.8, 4) is 11.8 Å². The highest BCUT2D eigenvalue weighted by molar-refractivity contribution is 7.16. The molecule has 74 valence electrons. The first kappa shape index (κ1) is 11.2. The topological polar surface area (TPSA) is 3.24 Å². The first-order valence-corrected chi connectivity index (χ1v) is 5.53. The van der Waals surface area contributed by atoms with Crippen LogP contribution in [0.15, 0.2) is 30.3 Å². The fourth-order valence-electron chi connectivity index (χ4n) is 1.21. The Kier molecular flexibility index (Phi) is 5.30. The highest BCUT2D eigenvalue weighted by Gasteiger charge is 1.96. The van der Waals surface area contributed by atoms with Gasteiger partial charge in [-0.25, -0.2) is 0 Å². The third-order valence-corrected chi connectivity index (χ3v) is 2.08. The summed E-state index contributed by atoms with van der Waals surface area (Å²) in [6, 6.07) is 10.5. The van der Waals surface area contributed by atoms with Crippen LogP contribution in [-0.4, -0.2) is 24.7 Å². The van der Waals surface area contributed by atoms with Crippen molar-refractivity contribution >= 4 is 9.24 Å². The molecule has 1 nitrogen and oxygen atoms in total. The van der Waals surface area contributed by atoms with E-state index in [1.165, 1.54) is 5.56 Å². The third kappa shape index (κ3) is 4.42. The van der Waals surface area contributed by atoms with E-state index in [0.29, 0.717) is 0 Å². The minimum absolute atomic E-state index is 0.837. The maximum absolute atomic E-state index is 3.11. The smallest absolute Gasteiger partial charge is 0.0602 e. The summed E-state index contributed by atoms with van der Waals surface area (Å²) in [5.41, 5.74) is 1.34. The van der Waals surface area contributed by atoms with Gasteiger partial charge in [-0.2, -0.15) is 0 Å². The van der Waals surface area contributed by atoms with Crippen LogP contribution in [0.4, 0.5) is 0 Å². The van der Waals surface area contributed by atoms with Crippen molar-refractivity contribution in [2.24, 2.45) is 0 Å². The number of rotatable bonds is 3. The lowest BCUT2D eigenvalue weighted by molar-refractivity contribution is 0.369. The quantitative estimate of drug-likeness (QED) is 0.539. The van der Waals surface area contributed by atoms with Gasteiger partial charge in [-0.3, -0.25) is 4.90 Å². The van der Waals surface area contributed by atoms with Crippen molar-refractivity contribution in [2.45, 2.75) is 6.54 Å². The average molecular weight is 205 g/mol. The Bertz CT molecular complexity index is 310. The van der Waals surface area contributed by atoms with Crippen molar-refractivity contribution in [3.63, 3.8) is 0 Å². The normalized spacial score (nSPS) is 9.64. The van der Waals surface area contributed by atoms with E-state index in [4.69, 9.17) is 0 Å². The predicted octanol–water partition coefficient (Wildman–Crippen LogP) is 2.00. The van der Waals surface area contributed by atoms with Crippen molar-refractivity contribution in [1.82, 2.24) is 4.90 Å². The number of hydrogen-bond donors (Lipinski definition) is 0. The maximum atomic E-state index is 3.11. The number of benzene rings is 1. The van der Waals surface area contributed by atoms with Crippen LogP contribution in [0, 0.1) is 11.8 Å².